The van der Waals surface area contributed by atoms with Gasteiger partial charge in [-0.2, -0.15) is 0 Å². The van der Waals surface area contributed by atoms with Gasteiger partial charge >= 0.3 is 0 Å². The van der Waals surface area contributed by atoms with Gasteiger partial charge in [-0.15, -0.1) is 0 Å². The number of halogens is 2. The van der Waals surface area contributed by atoms with E-state index in [2.05, 4.69) is 36.5 Å². The summed E-state index contributed by atoms with van der Waals surface area (Å²) < 4.78 is 13.8. The third-order valence-corrected chi connectivity index (χ3v) is 5.78. The van der Waals surface area contributed by atoms with Crippen LogP contribution in [0.3, 0.4) is 0 Å². The molecule has 0 unspecified atom stereocenters. The van der Waals surface area contributed by atoms with Crippen molar-refractivity contribution < 1.29 is 14.0 Å². The maximum Gasteiger partial charge on any atom is 0.252 e. The fraction of sp³-hybridized carbons (Fsp3) is 0.286. The highest BCUT2D eigenvalue weighted by molar-refractivity contribution is 9.10. The van der Waals surface area contributed by atoms with Crippen molar-refractivity contribution >= 4 is 44.5 Å². The van der Waals surface area contributed by atoms with Gasteiger partial charge in [-0.25, -0.2) is 9.37 Å². The first-order valence-electron chi connectivity index (χ1n) is 9.52. The number of nitrogens with zero attached hydrogens (tertiary/aromatic N) is 1. The minimum Gasteiger partial charge on any atom is -0.351 e. The molecule has 1 heterocycles. The molecule has 8 heteroatoms. The second-order valence-corrected chi connectivity index (χ2v) is 8.01. The molecule has 1 aliphatic carbocycles. The molecule has 150 valence electrons. The first kappa shape index (κ1) is 19.6. The first-order valence-corrected chi connectivity index (χ1v) is 10.3. The van der Waals surface area contributed by atoms with Crippen LogP contribution in [-0.2, 0) is 4.79 Å². The van der Waals surface area contributed by atoms with E-state index in [1.807, 2.05) is 18.2 Å². The van der Waals surface area contributed by atoms with Crippen molar-refractivity contribution in [3.8, 4) is 0 Å². The van der Waals surface area contributed by atoms with E-state index in [1.54, 1.807) is 0 Å². The summed E-state index contributed by atoms with van der Waals surface area (Å²) in [6.07, 6.45) is 3.69. The molecule has 1 fully saturated rings. The fourth-order valence-corrected chi connectivity index (χ4v) is 3.69. The minimum absolute atomic E-state index is 0.104. The molecular weight excluding hydrogens is 439 g/mol. The van der Waals surface area contributed by atoms with Crippen molar-refractivity contribution in [2.45, 2.75) is 31.6 Å². The van der Waals surface area contributed by atoms with Gasteiger partial charge in [0.25, 0.3) is 5.91 Å². The Bertz CT molecular complexity index is 1080. The molecule has 0 saturated heterocycles. The van der Waals surface area contributed by atoms with E-state index in [0.29, 0.717) is 16.1 Å². The SMILES string of the molecule is O=C(CCNC(=O)c1cc(F)ccc1Br)Nc1ccc2nc(C3CCC3)[nH]c2c1. The van der Waals surface area contributed by atoms with Crippen LogP contribution < -0.4 is 10.6 Å². The van der Waals surface area contributed by atoms with E-state index in [9.17, 15) is 14.0 Å². The Labute approximate surface area is 175 Å². The zero-order valence-corrected chi connectivity index (χ0v) is 17.2. The lowest BCUT2D eigenvalue weighted by atomic mass is 9.85. The van der Waals surface area contributed by atoms with E-state index in [-0.39, 0.29) is 24.4 Å². The molecule has 1 aliphatic rings. The fourth-order valence-electron chi connectivity index (χ4n) is 3.26. The van der Waals surface area contributed by atoms with Gasteiger partial charge < -0.3 is 15.6 Å². The summed E-state index contributed by atoms with van der Waals surface area (Å²) in [7, 11) is 0. The molecule has 0 bridgehead atoms. The summed E-state index contributed by atoms with van der Waals surface area (Å²) in [5.41, 5.74) is 2.65. The van der Waals surface area contributed by atoms with Crippen LogP contribution in [0.25, 0.3) is 11.0 Å². The van der Waals surface area contributed by atoms with Crippen LogP contribution in [0, 0.1) is 5.82 Å². The number of rotatable bonds is 6. The van der Waals surface area contributed by atoms with E-state index in [0.717, 1.165) is 22.9 Å². The topological polar surface area (TPSA) is 86.9 Å². The predicted molar refractivity (Wildman–Crippen MR) is 112 cm³/mol. The van der Waals surface area contributed by atoms with Gasteiger partial charge in [-0.3, -0.25) is 9.59 Å². The zero-order chi connectivity index (χ0) is 20.4. The Morgan fingerprint density at radius 1 is 1.21 bits per heavy atom. The van der Waals surface area contributed by atoms with Crippen LogP contribution in [0.4, 0.5) is 10.1 Å². The van der Waals surface area contributed by atoms with E-state index in [4.69, 9.17) is 0 Å². The van der Waals surface area contributed by atoms with Crippen molar-refractivity contribution in [3.05, 3.63) is 58.1 Å². The summed E-state index contributed by atoms with van der Waals surface area (Å²) in [5.74, 6) is 0.377. The summed E-state index contributed by atoms with van der Waals surface area (Å²) >= 11 is 3.22. The number of fused-ring (bicyclic) bond motifs is 1. The molecule has 1 aromatic heterocycles. The number of nitrogens with one attached hydrogen (secondary N) is 3. The Balaban J connectivity index is 1.31. The van der Waals surface area contributed by atoms with Gasteiger partial charge in [-0.05, 0) is 65.2 Å². The number of imidazole rings is 1. The molecule has 0 radical (unpaired) electrons. The maximum atomic E-state index is 13.3. The number of carbonyl (C=O) groups is 2. The molecule has 0 aliphatic heterocycles. The number of amides is 2. The van der Waals surface area contributed by atoms with Crippen molar-refractivity contribution in [2.75, 3.05) is 11.9 Å². The number of aromatic nitrogens is 2. The average Bonchev–Trinajstić information content (AvgIpc) is 3.04. The monoisotopic (exact) mass is 458 g/mol. The third-order valence-electron chi connectivity index (χ3n) is 5.09. The highest BCUT2D eigenvalue weighted by Gasteiger charge is 2.22. The van der Waals surface area contributed by atoms with E-state index < -0.39 is 11.7 Å². The number of anilines is 1. The van der Waals surface area contributed by atoms with Crippen LogP contribution in [0.5, 0.6) is 0 Å². The van der Waals surface area contributed by atoms with Crippen molar-refractivity contribution in [3.63, 3.8) is 0 Å². The molecule has 1 saturated carbocycles. The Hall–Kier alpha value is -2.74. The Kier molecular flexibility index (Phi) is 5.62. The van der Waals surface area contributed by atoms with Crippen molar-refractivity contribution in [1.29, 1.82) is 0 Å². The highest BCUT2D eigenvalue weighted by Crippen LogP contribution is 2.35. The van der Waals surface area contributed by atoms with Crippen molar-refractivity contribution in [2.24, 2.45) is 0 Å². The van der Waals surface area contributed by atoms with E-state index in [1.165, 1.54) is 31.4 Å². The van der Waals surface area contributed by atoms with Gasteiger partial charge in [0.05, 0.1) is 16.6 Å². The number of carbonyl (C=O) groups excluding carboxylic acids is 2. The molecule has 3 aromatic rings. The molecule has 3 N–H and O–H groups in total. The molecular formula is C21H20BrFN4O2. The molecule has 6 nitrogen and oxygen atoms in total. The Morgan fingerprint density at radius 2 is 2.03 bits per heavy atom. The summed E-state index contributed by atoms with van der Waals surface area (Å²) in [6.45, 7) is 0.145. The highest BCUT2D eigenvalue weighted by atomic mass is 79.9. The standard InChI is InChI=1S/C21H20BrFN4O2/c22-16-6-4-13(23)10-15(16)21(29)24-9-8-19(28)25-14-5-7-17-18(11-14)27-20(26-17)12-2-1-3-12/h4-7,10-12H,1-3,8-9H2,(H,24,29)(H,25,28)(H,26,27). The number of aromatic amines is 1. The number of hydrogen-bond acceptors (Lipinski definition) is 3. The number of benzene rings is 2. The van der Waals surface area contributed by atoms with Gasteiger partial charge in [0.1, 0.15) is 11.6 Å². The first-order chi connectivity index (χ1) is 14.0. The minimum atomic E-state index is -0.495. The van der Waals surface area contributed by atoms with Gasteiger partial charge in [0.15, 0.2) is 0 Å². The molecule has 2 aromatic carbocycles. The van der Waals surface area contributed by atoms with Crippen LogP contribution in [0.1, 0.15) is 47.8 Å². The third kappa shape index (κ3) is 4.48. The van der Waals surface area contributed by atoms with E-state index >= 15 is 0 Å². The predicted octanol–water partition coefficient (Wildman–Crippen LogP) is 4.49. The summed E-state index contributed by atoms with van der Waals surface area (Å²) in [5, 5.41) is 5.46. The average molecular weight is 459 g/mol. The largest absolute Gasteiger partial charge is 0.351 e. The number of hydrogen-bond donors (Lipinski definition) is 3. The molecule has 29 heavy (non-hydrogen) atoms. The molecule has 0 atom stereocenters. The summed E-state index contributed by atoms with van der Waals surface area (Å²) in [4.78, 5) is 32.3. The van der Waals surface area contributed by atoms with Gasteiger partial charge in [-0.1, -0.05) is 6.42 Å². The molecule has 0 spiro atoms. The number of H-pyrrole nitrogens is 1. The lowest BCUT2D eigenvalue weighted by molar-refractivity contribution is -0.116. The smallest absolute Gasteiger partial charge is 0.252 e. The second-order valence-electron chi connectivity index (χ2n) is 7.16. The van der Waals surface area contributed by atoms with Crippen molar-refractivity contribution in [1.82, 2.24) is 15.3 Å². The molecule has 2 amide bonds. The normalized spacial score (nSPS) is 13.9. The maximum absolute atomic E-state index is 13.3. The van der Waals surface area contributed by atoms with Crippen LogP contribution >= 0.6 is 15.9 Å². The van der Waals surface area contributed by atoms with Crippen LogP contribution in [0.15, 0.2) is 40.9 Å². The second kappa shape index (κ2) is 8.32. The zero-order valence-electron chi connectivity index (χ0n) is 15.6. The van der Waals surface area contributed by atoms with Crippen LogP contribution in [-0.4, -0.2) is 28.3 Å². The van der Waals surface area contributed by atoms with Gasteiger partial charge in [0.2, 0.25) is 5.91 Å². The summed E-state index contributed by atoms with van der Waals surface area (Å²) in [6, 6.07) is 9.45. The van der Waals surface area contributed by atoms with Gasteiger partial charge in [0, 0.05) is 29.0 Å². The lowest BCUT2D eigenvalue weighted by Gasteiger charge is -2.22. The molecule has 4 rings (SSSR count). The van der Waals surface area contributed by atoms with Crippen LogP contribution in [0.2, 0.25) is 0 Å². The Morgan fingerprint density at radius 3 is 2.79 bits per heavy atom. The lowest BCUT2D eigenvalue weighted by Crippen LogP contribution is -2.28. The quantitative estimate of drug-likeness (QED) is 0.508.